The summed E-state index contributed by atoms with van der Waals surface area (Å²) in [6.45, 7) is 0. The second kappa shape index (κ2) is 13.2. The Morgan fingerprint density at radius 2 is 1.41 bits per heavy atom. The number of nitrogens with zero attached hydrogens (tertiary/aromatic N) is 6. The van der Waals surface area contributed by atoms with Gasteiger partial charge in [0.15, 0.2) is 39.7 Å². The third kappa shape index (κ3) is 7.01. The number of carbonyl (C=O) groups is 2. The molecule has 4 aromatic rings. The Balaban J connectivity index is 0.000000600. The Kier molecular flexibility index (Phi) is 12.4. The number of anilines is 2. The molecule has 34 heavy (non-hydrogen) atoms. The Morgan fingerprint density at radius 1 is 0.882 bits per heavy atom. The minimum atomic E-state index is -1.42. The Morgan fingerprint density at radius 3 is 1.91 bits per heavy atom. The average Bonchev–Trinajstić information content (AvgIpc) is 2.69. The second-order valence-corrected chi connectivity index (χ2v) is 5.42. The first-order chi connectivity index (χ1) is 14.6. The van der Waals surface area contributed by atoms with Gasteiger partial charge in [-0.3, -0.25) is 9.78 Å². The number of nitrogen functional groups attached to an aromatic ring is 2. The number of aromatic carboxylic acids is 2. The van der Waals surface area contributed by atoms with Crippen LogP contribution in [-0.4, -0.2) is 67.5 Å². The molecule has 0 amide bonds. The number of rotatable bonds is 2. The van der Waals surface area contributed by atoms with Crippen LogP contribution in [0.3, 0.4) is 0 Å². The Hall–Kier alpha value is -1.99. The maximum atomic E-state index is 11.4. The molecule has 0 saturated carbocycles. The minimum Gasteiger partial charge on any atom is -0.870 e. The van der Waals surface area contributed by atoms with E-state index >= 15 is 0 Å². The van der Waals surface area contributed by atoms with Gasteiger partial charge in [-0.1, -0.05) is 0 Å². The molecule has 0 saturated heterocycles. The molecule has 0 aliphatic heterocycles. The first kappa shape index (κ1) is 32.0. The van der Waals surface area contributed by atoms with Gasteiger partial charge < -0.3 is 52.0 Å². The van der Waals surface area contributed by atoms with Crippen molar-refractivity contribution in [1.82, 2.24) is 39.9 Å². The van der Waals surface area contributed by atoms with Crippen LogP contribution in [0.25, 0.3) is 22.3 Å². The summed E-state index contributed by atoms with van der Waals surface area (Å²) in [7, 11) is 0. The van der Waals surface area contributed by atoms with E-state index in [2.05, 4.69) is 41.2 Å². The minimum absolute atomic E-state index is 0. The summed E-state index contributed by atoms with van der Waals surface area (Å²) < 4.78 is 0. The predicted molar refractivity (Wildman–Crippen MR) is 98.9 cm³/mol. The smallest absolute Gasteiger partial charge is 0.870 e. The van der Waals surface area contributed by atoms with Gasteiger partial charge in [-0.2, -0.15) is 0 Å². The van der Waals surface area contributed by atoms with E-state index in [0.717, 1.165) is 0 Å². The molecule has 0 atom stereocenters. The summed E-state index contributed by atoms with van der Waals surface area (Å²) in [4.78, 5) is 69.1. The van der Waals surface area contributed by atoms with E-state index in [1.165, 1.54) is 0 Å². The van der Waals surface area contributed by atoms with Crippen molar-refractivity contribution < 1.29 is 133 Å². The molecular weight excluding hydrogens is 514 g/mol. The van der Waals surface area contributed by atoms with Crippen LogP contribution in [0.5, 0.6) is 6.01 Å². The summed E-state index contributed by atoms with van der Waals surface area (Å²) in [6.07, 6.45) is 2.21. The average molecular weight is 523 g/mol. The number of nitrogens with two attached hydrogens (primary N) is 2. The van der Waals surface area contributed by atoms with Gasteiger partial charge in [0.1, 0.15) is 0 Å². The molecule has 4 aromatic heterocycles. The van der Waals surface area contributed by atoms with Crippen molar-refractivity contribution in [3.8, 4) is 6.01 Å². The van der Waals surface area contributed by atoms with Crippen molar-refractivity contribution in [1.29, 1.82) is 0 Å². The molecule has 20 heteroatoms. The van der Waals surface area contributed by atoms with Gasteiger partial charge in [0.05, 0.1) is 17.2 Å². The quantitative estimate of drug-likeness (QED) is 0.0806. The van der Waals surface area contributed by atoms with Crippen LogP contribution in [0.4, 0.5) is 11.6 Å². The number of hydrogen-bond donors (Lipinski definition) is 6. The molecule has 0 unspecified atom stereocenters. The number of nitrogens with one attached hydrogen (secondary N) is 2. The fraction of sp³-hybridized carbons (Fsp3) is 0. The van der Waals surface area contributed by atoms with Crippen molar-refractivity contribution in [3.05, 3.63) is 38.4 Å². The van der Waals surface area contributed by atoms with E-state index in [0.29, 0.717) is 0 Å². The molecule has 0 radical (unpaired) electrons. The van der Waals surface area contributed by atoms with E-state index in [4.69, 9.17) is 21.7 Å². The van der Waals surface area contributed by atoms with Gasteiger partial charge in [-0.05, 0) is 0 Å². The maximum Gasteiger partial charge on any atom is 1.00 e. The largest absolute Gasteiger partial charge is 1.00 e. The third-order valence-electron chi connectivity index (χ3n) is 3.41. The van der Waals surface area contributed by atoms with Crippen LogP contribution >= 0.6 is 0 Å². The Labute approximate surface area is 270 Å². The second-order valence-electron chi connectivity index (χ2n) is 5.42. The summed E-state index contributed by atoms with van der Waals surface area (Å²) >= 11 is 0. The molecule has 166 valence electrons. The predicted octanol–water partition coefficient (Wildman–Crippen LogP) is -9.31. The SMILES string of the molecule is Nc1nc(C(=O)O)c(N)nc1C(=O)O.O=c1[nH]c([O-])nc2nc3c(=O)n[c-][nH]c3nc12.[K+].[K+].[OH-]. The maximum absolute atomic E-state index is 11.4. The van der Waals surface area contributed by atoms with Crippen molar-refractivity contribution in [2.45, 2.75) is 0 Å². The fourth-order valence-corrected chi connectivity index (χ4v) is 2.13. The zero-order valence-corrected chi connectivity index (χ0v) is 23.5. The number of carboxylic acids is 2. The monoisotopic (exact) mass is 523 g/mol. The third-order valence-corrected chi connectivity index (χ3v) is 3.41. The zero-order chi connectivity index (χ0) is 22.9. The molecule has 9 N–H and O–H groups in total. The number of fused-ring (bicyclic) bond motifs is 2. The topological polar surface area (TPSA) is 323 Å². The van der Waals surface area contributed by atoms with Crippen LogP contribution in [0.1, 0.15) is 21.0 Å². The molecule has 4 rings (SSSR count). The van der Waals surface area contributed by atoms with E-state index < -0.39 is 52.1 Å². The molecule has 0 aromatic carbocycles. The fourth-order valence-electron chi connectivity index (χ4n) is 2.13. The van der Waals surface area contributed by atoms with Gasteiger partial charge in [0.2, 0.25) is 0 Å². The van der Waals surface area contributed by atoms with Crippen molar-refractivity contribution in [2.75, 3.05) is 11.5 Å². The summed E-state index contributed by atoms with van der Waals surface area (Å²) in [5.74, 6) is -3.80. The number of H-pyrrole nitrogens is 2. The van der Waals surface area contributed by atoms with Gasteiger partial charge in [0, 0.05) is 6.33 Å². The number of carboxylic acid groups (broad SMARTS) is 2. The summed E-state index contributed by atoms with van der Waals surface area (Å²) in [5, 5.41) is 28.1. The van der Waals surface area contributed by atoms with Crippen LogP contribution in [0, 0.1) is 6.33 Å². The van der Waals surface area contributed by atoms with Crippen LogP contribution < -0.4 is 130 Å². The molecular formula is C14H9K2N10O8-. The summed E-state index contributed by atoms with van der Waals surface area (Å²) in [5.41, 5.74) is 7.44. The van der Waals surface area contributed by atoms with E-state index in [1.54, 1.807) is 0 Å². The number of aromatic amines is 2. The molecule has 0 fully saturated rings. The molecule has 0 aliphatic rings. The van der Waals surface area contributed by atoms with Crippen molar-refractivity contribution in [2.24, 2.45) is 0 Å². The molecule has 18 nitrogen and oxygen atoms in total. The Bertz CT molecular complexity index is 1450. The zero-order valence-electron chi connectivity index (χ0n) is 17.2. The normalized spacial score (nSPS) is 9.53. The van der Waals surface area contributed by atoms with Gasteiger partial charge in [-0.25, -0.2) is 29.5 Å². The van der Waals surface area contributed by atoms with Crippen LogP contribution in [0.15, 0.2) is 9.59 Å². The standard InChI is InChI=1S/C8H3N6O3.C6H6N4O4.2K.H2O/c15-6-2-4(9-1-10-6)11-3-5(12-2)13-8(17)14-7(3)16;7-3-1(5(11)12)9-4(8)2(10-3)6(13)14;;;/h(H,9,10,11,15)(H2,12,13,14,16,17);(H2,8,9)(H2,7,10)(H,11,12)(H,13,14);;;1H2/q-1;;2*+1;/p-2. The number of aromatic nitrogens is 8. The van der Waals surface area contributed by atoms with E-state index in [-0.39, 0.29) is 131 Å². The first-order valence-electron chi connectivity index (χ1n) is 7.73. The summed E-state index contributed by atoms with van der Waals surface area (Å²) in [6, 6.07) is -0.844. The van der Waals surface area contributed by atoms with Gasteiger partial charge in [0.25, 0.3) is 5.56 Å². The van der Waals surface area contributed by atoms with E-state index in [9.17, 15) is 24.3 Å². The van der Waals surface area contributed by atoms with Gasteiger partial charge in [-0.15, -0.1) is 0 Å². The van der Waals surface area contributed by atoms with Crippen LogP contribution in [0.2, 0.25) is 0 Å². The van der Waals surface area contributed by atoms with Crippen molar-refractivity contribution >= 4 is 45.9 Å². The van der Waals surface area contributed by atoms with Crippen LogP contribution in [-0.2, 0) is 0 Å². The molecule has 0 aliphatic carbocycles. The molecule has 4 heterocycles. The van der Waals surface area contributed by atoms with E-state index in [1.807, 2.05) is 4.98 Å². The van der Waals surface area contributed by atoms with Crippen molar-refractivity contribution in [3.63, 3.8) is 0 Å². The molecule has 0 bridgehead atoms. The number of hydrogen-bond acceptors (Lipinski definition) is 14. The molecule has 0 spiro atoms. The van der Waals surface area contributed by atoms with Gasteiger partial charge >= 0.3 is 115 Å². The first-order valence-corrected chi connectivity index (χ1v) is 7.73.